The van der Waals surface area contributed by atoms with E-state index in [1.165, 1.54) is 18.7 Å². The molecule has 1 amide bonds. The first-order chi connectivity index (χ1) is 8.06. The van der Waals surface area contributed by atoms with E-state index in [0.717, 1.165) is 0 Å². The van der Waals surface area contributed by atoms with Gasteiger partial charge in [-0.15, -0.1) is 0 Å². The van der Waals surface area contributed by atoms with Crippen LogP contribution in [0.4, 0.5) is 5.82 Å². The number of anilines is 1. The van der Waals surface area contributed by atoms with E-state index >= 15 is 0 Å². The molecular weight excluding hydrogens is 260 g/mol. The number of rotatable bonds is 2. The van der Waals surface area contributed by atoms with Crippen LogP contribution >= 0.6 is 23.4 Å². The molecule has 4 nitrogen and oxygen atoms in total. The van der Waals surface area contributed by atoms with Gasteiger partial charge in [-0.25, -0.2) is 4.98 Å². The summed E-state index contributed by atoms with van der Waals surface area (Å²) in [6.45, 7) is 2.02. The van der Waals surface area contributed by atoms with Crippen LogP contribution in [0.5, 0.6) is 0 Å². The van der Waals surface area contributed by atoms with Crippen LogP contribution in [-0.4, -0.2) is 27.8 Å². The van der Waals surface area contributed by atoms with Crippen LogP contribution in [0.3, 0.4) is 0 Å². The SMILES string of the molecule is CC(=O)SC1CC(=O)N(c2cccc(Cl)n2)C1. The lowest BCUT2D eigenvalue weighted by molar-refractivity contribution is -0.117. The number of carbonyl (C=O) groups excluding carboxylic acids is 2. The molecular formula is C11H11ClN2O2S. The predicted octanol–water partition coefficient (Wildman–Crippen LogP) is 2.12. The van der Waals surface area contributed by atoms with E-state index in [9.17, 15) is 9.59 Å². The summed E-state index contributed by atoms with van der Waals surface area (Å²) in [5, 5.41) is 0.405. The van der Waals surface area contributed by atoms with Crippen LogP contribution in [0.25, 0.3) is 0 Å². The Labute approximate surface area is 108 Å². The number of aromatic nitrogens is 1. The second-order valence-electron chi connectivity index (χ2n) is 3.76. The number of carbonyl (C=O) groups is 2. The van der Waals surface area contributed by atoms with E-state index in [-0.39, 0.29) is 16.3 Å². The number of pyridine rings is 1. The van der Waals surface area contributed by atoms with Crippen molar-refractivity contribution in [3.05, 3.63) is 23.4 Å². The summed E-state index contributed by atoms with van der Waals surface area (Å²) in [5.41, 5.74) is 0. The first-order valence-corrected chi connectivity index (χ1v) is 6.42. The van der Waals surface area contributed by atoms with Crippen molar-refractivity contribution in [3.63, 3.8) is 0 Å². The van der Waals surface area contributed by atoms with Gasteiger partial charge in [0.2, 0.25) is 5.91 Å². The van der Waals surface area contributed by atoms with Gasteiger partial charge >= 0.3 is 0 Å². The van der Waals surface area contributed by atoms with E-state index in [2.05, 4.69) is 4.98 Å². The largest absolute Gasteiger partial charge is 0.296 e. The first-order valence-electron chi connectivity index (χ1n) is 5.16. The Morgan fingerprint density at radius 2 is 2.35 bits per heavy atom. The van der Waals surface area contributed by atoms with Gasteiger partial charge in [-0.1, -0.05) is 29.4 Å². The van der Waals surface area contributed by atoms with Crippen molar-refractivity contribution in [1.29, 1.82) is 0 Å². The second-order valence-corrected chi connectivity index (χ2v) is 5.62. The van der Waals surface area contributed by atoms with Crippen molar-refractivity contribution < 1.29 is 9.59 Å². The second kappa shape index (κ2) is 5.06. The number of thioether (sulfide) groups is 1. The Morgan fingerprint density at radius 3 is 3.00 bits per heavy atom. The standard InChI is InChI=1S/C11H11ClN2O2S/c1-7(15)17-8-5-11(16)14(6-8)10-4-2-3-9(12)13-10/h2-4,8H,5-6H2,1H3. The molecule has 1 aromatic rings. The van der Waals surface area contributed by atoms with E-state index in [4.69, 9.17) is 11.6 Å². The maximum Gasteiger partial charge on any atom is 0.229 e. The van der Waals surface area contributed by atoms with Crippen LogP contribution in [-0.2, 0) is 9.59 Å². The minimum Gasteiger partial charge on any atom is -0.296 e. The fraction of sp³-hybridized carbons (Fsp3) is 0.364. The van der Waals surface area contributed by atoms with Gasteiger partial charge in [0.1, 0.15) is 11.0 Å². The van der Waals surface area contributed by atoms with Gasteiger partial charge in [0.25, 0.3) is 0 Å². The van der Waals surface area contributed by atoms with Crippen LogP contribution in [0, 0.1) is 0 Å². The molecule has 0 aliphatic carbocycles. The van der Waals surface area contributed by atoms with Gasteiger partial charge in [-0.3, -0.25) is 14.5 Å². The smallest absolute Gasteiger partial charge is 0.229 e. The molecule has 1 aliphatic heterocycles. The number of hydrogen-bond donors (Lipinski definition) is 0. The number of hydrogen-bond acceptors (Lipinski definition) is 4. The Balaban J connectivity index is 2.13. The summed E-state index contributed by atoms with van der Waals surface area (Å²) in [6.07, 6.45) is 0.373. The van der Waals surface area contributed by atoms with Gasteiger partial charge in [0.15, 0.2) is 5.12 Å². The lowest BCUT2D eigenvalue weighted by atomic mass is 10.4. The molecule has 6 heteroatoms. The summed E-state index contributed by atoms with van der Waals surface area (Å²) in [5.74, 6) is 0.535. The molecule has 0 saturated carbocycles. The molecule has 1 aliphatic rings. The number of nitrogens with zero attached hydrogens (tertiary/aromatic N) is 2. The molecule has 17 heavy (non-hydrogen) atoms. The normalized spacial score (nSPS) is 19.8. The monoisotopic (exact) mass is 270 g/mol. The summed E-state index contributed by atoms with van der Waals surface area (Å²) in [4.78, 5) is 28.5. The van der Waals surface area contributed by atoms with Crippen LogP contribution in [0.2, 0.25) is 5.15 Å². The van der Waals surface area contributed by atoms with Crippen molar-refractivity contribution in [2.24, 2.45) is 0 Å². The van der Waals surface area contributed by atoms with Gasteiger partial charge in [0, 0.05) is 25.1 Å². The molecule has 0 radical (unpaired) electrons. The van der Waals surface area contributed by atoms with E-state index in [0.29, 0.717) is 23.9 Å². The Hall–Kier alpha value is -1.07. The maximum atomic E-state index is 11.8. The number of amides is 1. The average Bonchev–Trinajstić information content (AvgIpc) is 2.58. The van der Waals surface area contributed by atoms with Crippen molar-refractivity contribution in [2.45, 2.75) is 18.6 Å². The highest BCUT2D eigenvalue weighted by Gasteiger charge is 2.32. The molecule has 2 rings (SSSR count). The van der Waals surface area contributed by atoms with Gasteiger partial charge < -0.3 is 0 Å². The predicted molar refractivity (Wildman–Crippen MR) is 68.3 cm³/mol. The van der Waals surface area contributed by atoms with Crippen molar-refractivity contribution in [2.75, 3.05) is 11.4 Å². The zero-order chi connectivity index (χ0) is 12.4. The zero-order valence-corrected chi connectivity index (χ0v) is 10.8. The third-order valence-electron chi connectivity index (χ3n) is 2.40. The average molecular weight is 271 g/mol. The topological polar surface area (TPSA) is 50.3 Å². The first kappa shape index (κ1) is 12.4. The van der Waals surface area contributed by atoms with Crippen molar-refractivity contribution >= 4 is 40.2 Å². The minimum absolute atomic E-state index is 0.0146. The third kappa shape index (κ3) is 2.98. The summed E-state index contributed by atoms with van der Waals surface area (Å²) in [7, 11) is 0. The highest BCUT2D eigenvalue weighted by atomic mass is 35.5. The fourth-order valence-corrected chi connectivity index (χ4v) is 2.84. The molecule has 1 atom stereocenters. The van der Waals surface area contributed by atoms with Gasteiger partial charge in [0.05, 0.1) is 0 Å². The lowest BCUT2D eigenvalue weighted by Crippen LogP contribution is -2.25. The van der Waals surface area contributed by atoms with Crippen LogP contribution in [0.15, 0.2) is 18.2 Å². The summed E-state index contributed by atoms with van der Waals surface area (Å²) >= 11 is 6.99. The lowest BCUT2D eigenvalue weighted by Gasteiger charge is -2.15. The zero-order valence-electron chi connectivity index (χ0n) is 9.22. The maximum absolute atomic E-state index is 11.8. The summed E-state index contributed by atoms with van der Waals surface area (Å²) in [6, 6.07) is 5.15. The van der Waals surface area contributed by atoms with E-state index in [1.807, 2.05) is 0 Å². The van der Waals surface area contributed by atoms with Crippen molar-refractivity contribution in [1.82, 2.24) is 4.98 Å². The van der Waals surface area contributed by atoms with Gasteiger partial charge in [-0.05, 0) is 12.1 Å². The molecule has 1 saturated heterocycles. The third-order valence-corrected chi connectivity index (χ3v) is 3.59. The molecule has 0 aromatic carbocycles. The molecule has 0 bridgehead atoms. The molecule has 2 heterocycles. The number of halogens is 1. The molecule has 1 aromatic heterocycles. The molecule has 0 spiro atoms. The molecule has 1 unspecified atom stereocenters. The van der Waals surface area contributed by atoms with E-state index in [1.54, 1.807) is 23.1 Å². The van der Waals surface area contributed by atoms with E-state index < -0.39 is 0 Å². The fourth-order valence-electron chi connectivity index (χ4n) is 1.76. The molecule has 1 fully saturated rings. The quantitative estimate of drug-likeness (QED) is 0.773. The Bertz CT molecular complexity index is 467. The Morgan fingerprint density at radius 1 is 1.59 bits per heavy atom. The van der Waals surface area contributed by atoms with Gasteiger partial charge in [-0.2, -0.15) is 0 Å². The summed E-state index contributed by atoms with van der Waals surface area (Å²) < 4.78 is 0. The highest BCUT2D eigenvalue weighted by molar-refractivity contribution is 8.14. The Kier molecular flexibility index (Phi) is 3.69. The molecule has 90 valence electrons. The van der Waals surface area contributed by atoms with Crippen molar-refractivity contribution in [3.8, 4) is 0 Å². The highest BCUT2D eigenvalue weighted by Crippen LogP contribution is 2.27. The molecule has 0 N–H and O–H groups in total. The van der Waals surface area contributed by atoms with Crippen LogP contribution in [0.1, 0.15) is 13.3 Å². The minimum atomic E-state index is -0.0153. The van der Waals surface area contributed by atoms with Crippen LogP contribution < -0.4 is 4.90 Å².